The standard InChI is InChI=1S/C7H6N2O4/c10-7-2-1-6(9(12)13)3-5(7)4-8-11/h1-4,10-11H. The second kappa shape index (κ2) is 3.53. The lowest BCUT2D eigenvalue weighted by Crippen LogP contribution is -1.90. The summed E-state index contributed by atoms with van der Waals surface area (Å²) in [7, 11) is 0. The first-order chi connectivity index (χ1) is 6.15. The molecule has 0 unspecified atom stereocenters. The number of rotatable bonds is 2. The largest absolute Gasteiger partial charge is 0.507 e. The molecule has 68 valence electrons. The van der Waals surface area contributed by atoms with Crippen LogP contribution in [-0.2, 0) is 0 Å². The first-order valence-corrected chi connectivity index (χ1v) is 3.30. The summed E-state index contributed by atoms with van der Waals surface area (Å²) in [6.07, 6.45) is 0.919. The number of benzene rings is 1. The fourth-order valence-corrected chi connectivity index (χ4v) is 0.821. The van der Waals surface area contributed by atoms with Crippen LogP contribution in [0.5, 0.6) is 5.75 Å². The Bertz CT molecular complexity index is 362. The molecule has 0 saturated heterocycles. The van der Waals surface area contributed by atoms with Gasteiger partial charge in [0.05, 0.1) is 11.1 Å². The predicted octanol–water partition coefficient (Wildman–Crippen LogP) is 1.11. The Hall–Kier alpha value is -2.11. The molecule has 6 heteroatoms. The second-order valence-corrected chi connectivity index (χ2v) is 2.24. The summed E-state index contributed by atoms with van der Waals surface area (Å²) in [4.78, 5) is 9.68. The van der Waals surface area contributed by atoms with Crippen molar-refractivity contribution in [2.75, 3.05) is 0 Å². The smallest absolute Gasteiger partial charge is 0.270 e. The summed E-state index contributed by atoms with van der Waals surface area (Å²) in [5.74, 6) is -0.177. The monoisotopic (exact) mass is 182 g/mol. The van der Waals surface area contributed by atoms with Crippen molar-refractivity contribution < 1.29 is 15.2 Å². The number of nitro groups is 1. The molecule has 0 aliphatic heterocycles. The van der Waals surface area contributed by atoms with E-state index in [1.165, 1.54) is 0 Å². The number of oxime groups is 1. The van der Waals surface area contributed by atoms with Gasteiger partial charge in [-0.05, 0) is 6.07 Å². The summed E-state index contributed by atoms with van der Waals surface area (Å²) in [6, 6.07) is 3.42. The summed E-state index contributed by atoms with van der Waals surface area (Å²) in [5.41, 5.74) is -0.0793. The van der Waals surface area contributed by atoms with Gasteiger partial charge in [0.1, 0.15) is 5.75 Å². The average Bonchev–Trinajstić information content (AvgIpc) is 2.08. The first kappa shape index (κ1) is 8.98. The number of phenols is 1. The van der Waals surface area contributed by atoms with Gasteiger partial charge in [-0.1, -0.05) is 5.16 Å². The van der Waals surface area contributed by atoms with Gasteiger partial charge >= 0.3 is 0 Å². The molecule has 0 fully saturated rings. The summed E-state index contributed by atoms with van der Waals surface area (Å²) >= 11 is 0. The lowest BCUT2D eigenvalue weighted by molar-refractivity contribution is -0.384. The maximum absolute atomic E-state index is 10.3. The normalized spacial score (nSPS) is 10.5. The van der Waals surface area contributed by atoms with Gasteiger partial charge in [0.15, 0.2) is 0 Å². The molecule has 0 aliphatic carbocycles. The highest BCUT2D eigenvalue weighted by Crippen LogP contribution is 2.20. The molecule has 0 saturated carbocycles. The summed E-state index contributed by atoms with van der Waals surface area (Å²) < 4.78 is 0. The summed E-state index contributed by atoms with van der Waals surface area (Å²) in [5, 5.41) is 30.2. The molecule has 2 N–H and O–H groups in total. The maximum Gasteiger partial charge on any atom is 0.270 e. The fourth-order valence-electron chi connectivity index (χ4n) is 0.821. The van der Waals surface area contributed by atoms with Gasteiger partial charge in [0, 0.05) is 17.7 Å². The SMILES string of the molecule is O=[N+]([O-])c1ccc(O)c(C=NO)c1. The topological polar surface area (TPSA) is 96.0 Å². The van der Waals surface area contributed by atoms with Crippen LogP contribution in [0.3, 0.4) is 0 Å². The molecule has 0 spiro atoms. The Kier molecular flexibility index (Phi) is 2.44. The number of non-ortho nitro benzene ring substituents is 1. The molecule has 0 aromatic heterocycles. The van der Waals surface area contributed by atoms with E-state index in [1.807, 2.05) is 0 Å². The van der Waals surface area contributed by atoms with Crippen molar-refractivity contribution in [2.45, 2.75) is 0 Å². The fraction of sp³-hybridized carbons (Fsp3) is 0. The van der Waals surface area contributed by atoms with Crippen molar-refractivity contribution in [1.29, 1.82) is 0 Å². The molecule has 0 amide bonds. The van der Waals surface area contributed by atoms with Gasteiger partial charge in [-0.2, -0.15) is 0 Å². The molecule has 0 atom stereocenters. The van der Waals surface area contributed by atoms with Crippen LogP contribution in [0, 0.1) is 10.1 Å². The van der Waals surface area contributed by atoms with E-state index in [0.717, 1.165) is 24.4 Å². The van der Waals surface area contributed by atoms with Crippen LogP contribution in [0.15, 0.2) is 23.4 Å². The van der Waals surface area contributed by atoms with Crippen LogP contribution >= 0.6 is 0 Å². The molecule has 0 bridgehead atoms. The van der Waals surface area contributed by atoms with Crippen molar-refractivity contribution in [3.8, 4) is 5.75 Å². The quantitative estimate of drug-likeness (QED) is 0.310. The Morgan fingerprint density at radius 1 is 1.54 bits per heavy atom. The molecule has 0 aliphatic rings. The zero-order valence-corrected chi connectivity index (χ0v) is 6.41. The molecule has 6 nitrogen and oxygen atoms in total. The number of hydrogen-bond donors (Lipinski definition) is 2. The number of nitro benzene ring substituents is 1. The number of hydrogen-bond acceptors (Lipinski definition) is 5. The molecule has 0 radical (unpaired) electrons. The molecule has 1 aromatic carbocycles. The van der Waals surface area contributed by atoms with E-state index < -0.39 is 4.92 Å². The van der Waals surface area contributed by atoms with E-state index in [1.54, 1.807) is 0 Å². The third-order valence-corrected chi connectivity index (χ3v) is 1.42. The Morgan fingerprint density at radius 3 is 2.77 bits per heavy atom. The lowest BCUT2D eigenvalue weighted by atomic mass is 10.2. The molecule has 1 aromatic rings. The average molecular weight is 182 g/mol. The Balaban J connectivity index is 3.18. The zero-order chi connectivity index (χ0) is 9.84. The van der Waals surface area contributed by atoms with Gasteiger partial charge in [-0.3, -0.25) is 10.1 Å². The van der Waals surface area contributed by atoms with Crippen molar-refractivity contribution in [3.05, 3.63) is 33.9 Å². The maximum atomic E-state index is 10.3. The third-order valence-electron chi connectivity index (χ3n) is 1.42. The van der Waals surface area contributed by atoms with Crippen LogP contribution in [0.4, 0.5) is 5.69 Å². The van der Waals surface area contributed by atoms with Gasteiger partial charge in [0.2, 0.25) is 0 Å². The van der Waals surface area contributed by atoms with Gasteiger partial charge in [-0.25, -0.2) is 0 Å². The van der Waals surface area contributed by atoms with Crippen molar-refractivity contribution in [2.24, 2.45) is 5.16 Å². The van der Waals surface area contributed by atoms with E-state index in [4.69, 9.17) is 10.3 Å². The molecule has 0 heterocycles. The van der Waals surface area contributed by atoms with Crippen molar-refractivity contribution in [1.82, 2.24) is 0 Å². The number of nitrogens with zero attached hydrogens (tertiary/aromatic N) is 2. The van der Waals surface area contributed by atoms with Gasteiger partial charge in [-0.15, -0.1) is 0 Å². The molecular weight excluding hydrogens is 176 g/mol. The molecule has 1 rings (SSSR count). The minimum Gasteiger partial charge on any atom is -0.507 e. The van der Waals surface area contributed by atoms with Crippen LogP contribution in [-0.4, -0.2) is 21.5 Å². The predicted molar refractivity (Wildman–Crippen MR) is 44.1 cm³/mol. The van der Waals surface area contributed by atoms with Crippen LogP contribution in [0.1, 0.15) is 5.56 Å². The minimum atomic E-state index is -0.603. The number of phenolic OH excluding ortho intramolecular Hbond substituents is 1. The molecular formula is C7H6N2O4. The van der Waals surface area contributed by atoms with E-state index in [9.17, 15) is 10.1 Å². The highest BCUT2D eigenvalue weighted by molar-refractivity contribution is 5.83. The first-order valence-electron chi connectivity index (χ1n) is 3.30. The van der Waals surface area contributed by atoms with Crippen LogP contribution in [0.25, 0.3) is 0 Å². The Labute approximate surface area is 72.9 Å². The summed E-state index contributed by atoms with van der Waals surface area (Å²) in [6.45, 7) is 0. The second-order valence-electron chi connectivity index (χ2n) is 2.24. The van der Waals surface area contributed by atoms with Gasteiger partial charge < -0.3 is 10.3 Å². The molecule has 13 heavy (non-hydrogen) atoms. The minimum absolute atomic E-state index is 0.0942. The highest BCUT2D eigenvalue weighted by Gasteiger charge is 2.08. The van der Waals surface area contributed by atoms with Crippen LogP contribution < -0.4 is 0 Å². The van der Waals surface area contributed by atoms with E-state index in [-0.39, 0.29) is 17.0 Å². The zero-order valence-electron chi connectivity index (χ0n) is 6.41. The van der Waals surface area contributed by atoms with E-state index >= 15 is 0 Å². The Morgan fingerprint density at radius 2 is 2.23 bits per heavy atom. The highest BCUT2D eigenvalue weighted by atomic mass is 16.6. The van der Waals surface area contributed by atoms with Crippen LogP contribution in [0.2, 0.25) is 0 Å². The third kappa shape index (κ3) is 1.92. The number of aromatic hydroxyl groups is 1. The van der Waals surface area contributed by atoms with E-state index in [2.05, 4.69) is 5.16 Å². The van der Waals surface area contributed by atoms with Crippen molar-refractivity contribution in [3.63, 3.8) is 0 Å². The van der Waals surface area contributed by atoms with Gasteiger partial charge in [0.25, 0.3) is 5.69 Å². The van der Waals surface area contributed by atoms with Crippen molar-refractivity contribution >= 4 is 11.9 Å². The van der Waals surface area contributed by atoms with E-state index in [0.29, 0.717) is 0 Å². The lowest BCUT2D eigenvalue weighted by Gasteiger charge is -1.96.